The fourth-order valence-electron chi connectivity index (χ4n) is 6.06. The molecule has 3 aromatic rings. The molecule has 5 rings (SSSR count). The van der Waals surface area contributed by atoms with E-state index < -0.39 is 17.9 Å². The summed E-state index contributed by atoms with van der Waals surface area (Å²) in [6.07, 6.45) is 2.65. The molecule has 2 aliphatic rings. The molecule has 2 aliphatic heterocycles. The summed E-state index contributed by atoms with van der Waals surface area (Å²) in [4.78, 5) is 14.7. The van der Waals surface area contributed by atoms with Gasteiger partial charge < -0.3 is 34.8 Å². The van der Waals surface area contributed by atoms with E-state index in [1.54, 1.807) is 6.07 Å². The van der Waals surface area contributed by atoms with Gasteiger partial charge in [0.2, 0.25) is 5.88 Å². The van der Waals surface area contributed by atoms with E-state index in [2.05, 4.69) is 26.5 Å². The molecule has 244 valence electrons. The fourth-order valence-corrected chi connectivity index (χ4v) is 6.06. The molecule has 0 bridgehead atoms. The van der Waals surface area contributed by atoms with E-state index in [-0.39, 0.29) is 44.1 Å². The molecule has 45 heavy (non-hydrogen) atoms. The van der Waals surface area contributed by atoms with Gasteiger partial charge in [-0.1, -0.05) is 24.6 Å². The average molecular weight is 628 g/mol. The topological polar surface area (TPSA) is 120 Å². The Balaban J connectivity index is 1.35. The Morgan fingerprint density at radius 2 is 1.80 bits per heavy atom. The van der Waals surface area contributed by atoms with Crippen LogP contribution in [-0.4, -0.2) is 84.0 Å². The molecule has 0 spiro atoms. The van der Waals surface area contributed by atoms with E-state index in [1.807, 2.05) is 25.1 Å². The highest BCUT2D eigenvalue weighted by Crippen LogP contribution is 2.42. The number of alkyl halides is 2. The second kappa shape index (κ2) is 15.0. The third kappa shape index (κ3) is 7.91. The van der Waals surface area contributed by atoms with E-state index in [4.69, 9.17) is 14.6 Å². The smallest absolute Gasteiger partial charge is 0.407 e. The third-order valence-corrected chi connectivity index (χ3v) is 8.80. The number of nitrogens with one attached hydrogen (secondary N) is 1. The number of likely N-dealkylation sites (tertiary alicyclic amines) is 1. The van der Waals surface area contributed by atoms with Gasteiger partial charge in [0.25, 0.3) is 5.92 Å². The first-order chi connectivity index (χ1) is 21.8. The Morgan fingerprint density at radius 3 is 2.53 bits per heavy atom. The first-order valence-corrected chi connectivity index (χ1v) is 15.9. The van der Waals surface area contributed by atoms with E-state index in [0.717, 1.165) is 55.2 Å². The maximum absolute atomic E-state index is 15.6. The first kappa shape index (κ1) is 32.6. The molecule has 2 saturated heterocycles. The van der Waals surface area contributed by atoms with Crippen molar-refractivity contribution >= 4 is 28.4 Å². The zero-order valence-corrected chi connectivity index (χ0v) is 25.8. The SMILES string of the molecule is C[C@@H](Nc1nnc(OCCCCCCO)c2cc(N3CCOCC3)ccc12)c1cccc(C(F)(F)C2CCN(C(=O)O)CC2)c1. The highest BCUT2D eigenvalue weighted by Gasteiger charge is 2.43. The molecule has 3 N–H and O–H groups in total. The van der Waals surface area contributed by atoms with Crippen LogP contribution in [0.2, 0.25) is 0 Å². The standard InChI is InChI=1S/C33H43F2N5O5/c1-23(24-7-6-8-26(21-24)33(34,35)25-11-13-40(14-12-25)32(42)43)36-30-28-10-9-27(39-15-19-44-20-16-39)22-29(28)31(38-37-30)45-18-5-3-2-4-17-41/h6-10,21-23,25,41H,2-5,11-20H2,1H3,(H,36,37)(H,42,43)/t23-/m1/s1. The van der Waals surface area contributed by atoms with Gasteiger partial charge in [0, 0.05) is 55.3 Å². The number of piperidine rings is 1. The lowest BCUT2D eigenvalue weighted by Gasteiger charge is -2.35. The van der Waals surface area contributed by atoms with Gasteiger partial charge in [-0.3, -0.25) is 0 Å². The summed E-state index contributed by atoms with van der Waals surface area (Å²) in [5.41, 5.74) is 1.64. The number of nitrogens with zero attached hydrogens (tertiary/aromatic N) is 4. The Hall–Kier alpha value is -3.77. The summed E-state index contributed by atoms with van der Waals surface area (Å²) in [6.45, 7) is 5.67. The molecule has 10 nitrogen and oxygen atoms in total. The summed E-state index contributed by atoms with van der Waals surface area (Å²) >= 11 is 0. The highest BCUT2D eigenvalue weighted by molar-refractivity contribution is 5.97. The monoisotopic (exact) mass is 627 g/mol. The average Bonchev–Trinajstić information content (AvgIpc) is 3.07. The molecule has 3 heterocycles. The number of hydrogen-bond acceptors (Lipinski definition) is 8. The number of carboxylic acid groups (broad SMARTS) is 1. The van der Waals surface area contributed by atoms with E-state index in [9.17, 15) is 9.90 Å². The Labute approximate surface area is 262 Å². The minimum absolute atomic E-state index is 0.0729. The van der Waals surface area contributed by atoms with Crippen LogP contribution in [0.5, 0.6) is 5.88 Å². The summed E-state index contributed by atoms with van der Waals surface area (Å²) in [5, 5.41) is 32.1. The van der Waals surface area contributed by atoms with Crippen molar-refractivity contribution in [1.29, 1.82) is 0 Å². The molecule has 0 radical (unpaired) electrons. The minimum atomic E-state index is -3.08. The van der Waals surface area contributed by atoms with Crippen molar-refractivity contribution in [1.82, 2.24) is 15.1 Å². The van der Waals surface area contributed by atoms with Crippen LogP contribution >= 0.6 is 0 Å². The number of carbonyl (C=O) groups is 1. The molecular formula is C33H43F2N5O5. The van der Waals surface area contributed by atoms with Crippen LogP contribution in [0.3, 0.4) is 0 Å². The predicted molar refractivity (Wildman–Crippen MR) is 168 cm³/mol. The van der Waals surface area contributed by atoms with Gasteiger partial charge in [-0.15, -0.1) is 10.2 Å². The maximum atomic E-state index is 15.6. The van der Waals surface area contributed by atoms with Crippen LogP contribution in [0.4, 0.5) is 25.1 Å². The molecule has 0 saturated carbocycles. The van der Waals surface area contributed by atoms with Crippen LogP contribution in [0.1, 0.15) is 62.6 Å². The number of hydrogen-bond donors (Lipinski definition) is 3. The van der Waals surface area contributed by atoms with Crippen molar-refractivity contribution in [2.75, 3.05) is 62.8 Å². The van der Waals surface area contributed by atoms with Gasteiger partial charge in [0.05, 0.1) is 31.2 Å². The van der Waals surface area contributed by atoms with Gasteiger partial charge in [-0.2, -0.15) is 0 Å². The number of morpholine rings is 1. The number of amides is 1. The number of aliphatic hydroxyl groups excluding tert-OH is 1. The van der Waals surface area contributed by atoms with Crippen molar-refractivity contribution in [2.45, 2.75) is 57.4 Å². The van der Waals surface area contributed by atoms with Crippen molar-refractivity contribution < 1.29 is 33.3 Å². The van der Waals surface area contributed by atoms with Crippen molar-refractivity contribution in [3.63, 3.8) is 0 Å². The van der Waals surface area contributed by atoms with Crippen LogP contribution in [0, 0.1) is 5.92 Å². The van der Waals surface area contributed by atoms with Crippen LogP contribution in [-0.2, 0) is 10.7 Å². The Morgan fingerprint density at radius 1 is 1.04 bits per heavy atom. The number of aromatic nitrogens is 2. The number of rotatable bonds is 13. The van der Waals surface area contributed by atoms with E-state index >= 15 is 8.78 Å². The quantitative estimate of drug-likeness (QED) is 0.195. The molecule has 0 aliphatic carbocycles. The largest absolute Gasteiger partial charge is 0.476 e. The molecule has 2 fully saturated rings. The summed E-state index contributed by atoms with van der Waals surface area (Å²) in [7, 11) is 0. The Bertz CT molecular complexity index is 1430. The van der Waals surface area contributed by atoms with E-state index in [0.29, 0.717) is 37.1 Å². The summed E-state index contributed by atoms with van der Waals surface area (Å²) in [6, 6.07) is 12.2. The number of ether oxygens (including phenoxy) is 2. The lowest BCUT2D eigenvalue weighted by Crippen LogP contribution is -2.41. The zero-order chi connectivity index (χ0) is 31.8. The highest BCUT2D eigenvalue weighted by atomic mass is 19.3. The molecule has 1 aromatic heterocycles. The lowest BCUT2D eigenvalue weighted by molar-refractivity contribution is -0.0836. The van der Waals surface area contributed by atoms with Crippen LogP contribution < -0.4 is 15.0 Å². The van der Waals surface area contributed by atoms with Crippen molar-refractivity contribution in [3.05, 3.63) is 53.6 Å². The minimum Gasteiger partial charge on any atom is -0.476 e. The zero-order valence-electron chi connectivity index (χ0n) is 25.8. The van der Waals surface area contributed by atoms with Crippen LogP contribution in [0.15, 0.2) is 42.5 Å². The van der Waals surface area contributed by atoms with Gasteiger partial charge >= 0.3 is 6.09 Å². The molecule has 1 amide bonds. The number of aliphatic hydroxyl groups is 1. The molecule has 2 aromatic carbocycles. The lowest BCUT2D eigenvalue weighted by atomic mass is 9.85. The number of fused-ring (bicyclic) bond motifs is 1. The number of halogens is 2. The predicted octanol–water partition coefficient (Wildman–Crippen LogP) is 6.05. The maximum Gasteiger partial charge on any atom is 0.407 e. The first-order valence-electron chi connectivity index (χ1n) is 15.9. The van der Waals surface area contributed by atoms with Crippen molar-refractivity contribution in [3.8, 4) is 5.88 Å². The van der Waals surface area contributed by atoms with Gasteiger partial charge in [-0.25, -0.2) is 13.6 Å². The second-order valence-electron chi connectivity index (χ2n) is 11.8. The molecular weight excluding hydrogens is 584 g/mol. The molecule has 12 heteroatoms. The Kier molecular flexibility index (Phi) is 10.9. The molecule has 1 atom stereocenters. The van der Waals surface area contributed by atoms with E-state index in [1.165, 1.54) is 17.0 Å². The van der Waals surface area contributed by atoms with Gasteiger partial charge in [0.15, 0.2) is 5.82 Å². The number of benzene rings is 2. The second-order valence-corrected chi connectivity index (χ2v) is 11.8. The third-order valence-electron chi connectivity index (χ3n) is 8.80. The van der Waals surface area contributed by atoms with Gasteiger partial charge in [-0.05, 0) is 68.9 Å². The number of unbranched alkanes of at least 4 members (excludes halogenated alkanes) is 3. The fraction of sp³-hybridized carbons (Fsp3) is 0.545. The van der Waals surface area contributed by atoms with Crippen LogP contribution in [0.25, 0.3) is 10.8 Å². The summed E-state index contributed by atoms with van der Waals surface area (Å²) < 4.78 is 42.9. The molecule has 0 unspecified atom stereocenters. The van der Waals surface area contributed by atoms with Gasteiger partial charge in [0.1, 0.15) is 0 Å². The normalized spacial score (nSPS) is 17.0. The number of anilines is 2. The summed E-state index contributed by atoms with van der Waals surface area (Å²) in [5.74, 6) is -3.04. The van der Waals surface area contributed by atoms with Crippen molar-refractivity contribution in [2.24, 2.45) is 5.92 Å².